The highest BCUT2D eigenvalue weighted by atomic mass is 35.5. The van der Waals surface area contributed by atoms with E-state index in [1.807, 2.05) is 0 Å². The minimum atomic E-state index is -4.07. The van der Waals surface area contributed by atoms with Crippen LogP contribution in [-0.4, -0.2) is 46.7 Å². The summed E-state index contributed by atoms with van der Waals surface area (Å²) < 4.78 is 38.4. The molecule has 2 N–H and O–H groups in total. The molecule has 42 heavy (non-hydrogen) atoms. The lowest BCUT2D eigenvalue weighted by atomic mass is 10.2. The molecular formula is C30H27ClN4O6S. The molecule has 2 amide bonds. The second-order valence-electron chi connectivity index (χ2n) is 8.70. The fraction of sp³-hybridized carbons (Fsp3) is 0.100. The molecule has 216 valence electrons. The third-order valence-electron chi connectivity index (χ3n) is 5.77. The monoisotopic (exact) mass is 606 g/mol. The van der Waals surface area contributed by atoms with E-state index in [2.05, 4.69) is 15.8 Å². The number of halogens is 1. The van der Waals surface area contributed by atoms with Crippen LogP contribution < -0.4 is 24.5 Å². The molecule has 0 unspecified atom stereocenters. The van der Waals surface area contributed by atoms with Crippen molar-refractivity contribution in [1.82, 2.24) is 5.43 Å². The standard InChI is InChI=1S/C30H27ClN4O6S/c1-40-28-10-6-5-9-27(28)33-30(37)21-41-25-15-11-22(12-16-25)19-32-34-29(36)20-35(24-7-3-2-4-8-24)42(38,39)26-17-13-23(31)14-18-26/h2-19H,20-21H2,1H3,(H,33,37)(H,34,36)/b32-19-. The van der Waals surface area contributed by atoms with E-state index in [9.17, 15) is 18.0 Å². The second kappa shape index (κ2) is 14.2. The number of nitrogens with one attached hydrogen (secondary N) is 2. The molecule has 4 aromatic carbocycles. The van der Waals surface area contributed by atoms with Crippen molar-refractivity contribution in [2.45, 2.75) is 4.90 Å². The molecule has 0 aliphatic carbocycles. The molecule has 0 atom stereocenters. The van der Waals surface area contributed by atoms with Crippen LogP contribution in [0.3, 0.4) is 0 Å². The van der Waals surface area contributed by atoms with Crippen LogP contribution in [0.1, 0.15) is 5.56 Å². The van der Waals surface area contributed by atoms with E-state index in [-0.39, 0.29) is 17.4 Å². The van der Waals surface area contributed by atoms with E-state index in [4.69, 9.17) is 21.1 Å². The Balaban J connectivity index is 1.33. The number of anilines is 2. The van der Waals surface area contributed by atoms with Crippen molar-refractivity contribution in [2.75, 3.05) is 29.9 Å². The van der Waals surface area contributed by atoms with Crippen molar-refractivity contribution in [3.63, 3.8) is 0 Å². The Morgan fingerprint density at radius 1 is 0.881 bits per heavy atom. The van der Waals surface area contributed by atoms with Gasteiger partial charge in [0.1, 0.15) is 18.0 Å². The number of rotatable bonds is 12. The number of carbonyl (C=O) groups is 2. The molecule has 0 spiro atoms. The summed E-state index contributed by atoms with van der Waals surface area (Å²) in [6.45, 7) is -0.714. The van der Waals surface area contributed by atoms with E-state index in [1.165, 1.54) is 37.6 Å². The van der Waals surface area contributed by atoms with Gasteiger partial charge in [0.25, 0.3) is 21.8 Å². The van der Waals surface area contributed by atoms with E-state index < -0.39 is 22.5 Å². The van der Waals surface area contributed by atoms with Crippen LogP contribution >= 0.6 is 11.6 Å². The van der Waals surface area contributed by atoms with Gasteiger partial charge in [0.2, 0.25) is 0 Å². The molecule has 0 fully saturated rings. The molecule has 0 radical (unpaired) electrons. The van der Waals surface area contributed by atoms with Crippen LogP contribution in [0.2, 0.25) is 5.02 Å². The zero-order valence-corrected chi connectivity index (χ0v) is 24.0. The second-order valence-corrected chi connectivity index (χ2v) is 11.0. The fourth-order valence-corrected chi connectivity index (χ4v) is 5.27. The van der Waals surface area contributed by atoms with E-state index in [0.29, 0.717) is 33.5 Å². The number of hydrogen-bond acceptors (Lipinski definition) is 7. The molecule has 4 aromatic rings. The highest BCUT2D eigenvalue weighted by molar-refractivity contribution is 7.92. The number of benzene rings is 4. The molecule has 12 heteroatoms. The van der Waals surface area contributed by atoms with Crippen LogP contribution in [0.5, 0.6) is 11.5 Å². The Bertz CT molecular complexity index is 1650. The van der Waals surface area contributed by atoms with Gasteiger partial charge in [-0.1, -0.05) is 41.9 Å². The van der Waals surface area contributed by atoms with Crippen molar-refractivity contribution < 1.29 is 27.5 Å². The zero-order chi connectivity index (χ0) is 30.0. The lowest BCUT2D eigenvalue weighted by Crippen LogP contribution is -2.39. The van der Waals surface area contributed by atoms with E-state index in [1.54, 1.807) is 78.9 Å². The number of hydrogen-bond donors (Lipinski definition) is 2. The maximum absolute atomic E-state index is 13.3. The SMILES string of the molecule is COc1ccccc1NC(=O)COc1ccc(/C=N\NC(=O)CN(c2ccccc2)S(=O)(=O)c2ccc(Cl)cc2)cc1. The summed E-state index contributed by atoms with van der Waals surface area (Å²) >= 11 is 5.91. The summed E-state index contributed by atoms with van der Waals surface area (Å²) in [7, 11) is -2.55. The van der Waals surface area contributed by atoms with Crippen molar-refractivity contribution in [3.8, 4) is 11.5 Å². The van der Waals surface area contributed by atoms with Crippen LogP contribution in [0.25, 0.3) is 0 Å². The molecule has 0 bridgehead atoms. The molecule has 10 nitrogen and oxygen atoms in total. The predicted molar refractivity (Wildman–Crippen MR) is 162 cm³/mol. The first-order chi connectivity index (χ1) is 20.3. The van der Waals surface area contributed by atoms with E-state index in [0.717, 1.165) is 4.31 Å². The highest BCUT2D eigenvalue weighted by Crippen LogP contribution is 2.25. The minimum absolute atomic E-state index is 0.00774. The van der Waals surface area contributed by atoms with Gasteiger partial charge in [-0.25, -0.2) is 13.8 Å². The smallest absolute Gasteiger partial charge is 0.264 e. The fourth-order valence-electron chi connectivity index (χ4n) is 3.72. The third kappa shape index (κ3) is 8.09. The Hall–Kier alpha value is -4.87. The number of ether oxygens (including phenoxy) is 2. The van der Waals surface area contributed by atoms with Gasteiger partial charge in [0, 0.05) is 5.02 Å². The number of nitrogens with zero attached hydrogens (tertiary/aromatic N) is 2. The summed E-state index contributed by atoms with van der Waals surface area (Å²) in [6.07, 6.45) is 1.40. The maximum Gasteiger partial charge on any atom is 0.264 e. The van der Waals surface area contributed by atoms with E-state index >= 15 is 0 Å². The van der Waals surface area contributed by atoms with Crippen molar-refractivity contribution >= 4 is 51.0 Å². The van der Waals surface area contributed by atoms with Gasteiger partial charge < -0.3 is 14.8 Å². The Labute approximate surface area is 248 Å². The average molecular weight is 607 g/mol. The van der Waals surface area contributed by atoms with Gasteiger partial charge >= 0.3 is 0 Å². The van der Waals surface area contributed by atoms with Gasteiger partial charge in [-0.2, -0.15) is 5.10 Å². The van der Waals surface area contributed by atoms with Gasteiger partial charge in [-0.3, -0.25) is 13.9 Å². The quantitative estimate of drug-likeness (QED) is 0.178. The van der Waals surface area contributed by atoms with Crippen molar-refractivity contribution in [1.29, 1.82) is 0 Å². The Morgan fingerprint density at radius 2 is 1.55 bits per heavy atom. The maximum atomic E-state index is 13.3. The summed E-state index contributed by atoms with van der Waals surface area (Å²) in [4.78, 5) is 24.9. The third-order valence-corrected chi connectivity index (χ3v) is 7.81. The molecule has 0 saturated heterocycles. The zero-order valence-electron chi connectivity index (χ0n) is 22.4. The number of hydrazone groups is 1. The van der Waals surface area contributed by atoms with Crippen LogP contribution in [-0.2, 0) is 19.6 Å². The topological polar surface area (TPSA) is 126 Å². The number of sulfonamides is 1. The Kier molecular flexibility index (Phi) is 10.1. The lowest BCUT2D eigenvalue weighted by molar-refractivity contribution is -0.119. The van der Waals surface area contributed by atoms with Gasteiger partial charge in [0.05, 0.1) is 29.6 Å². The van der Waals surface area contributed by atoms with Crippen LogP contribution in [0.4, 0.5) is 11.4 Å². The first-order valence-electron chi connectivity index (χ1n) is 12.6. The number of methoxy groups -OCH3 is 1. The average Bonchev–Trinajstić information content (AvgIpc) is 3.00. The Morgan fingerprint density at radius 3 is 2.24 bits per heavy atom. The van der Waals surface area contributed by atoms with Gasteiger partial charge in [0.15, 0.2) is 6.61 Å². The molecule has 0 aromatic heterocycles. The summed E-state index contributed by atoms with van der Waals surface area (Å²) in [5, 5.41) is 7.06. The number of amides is 2. The summed E-state index contributed by atoms with van der Waals surface area (Å²) in [5.74, 6) is -0.000985. The largest absolute Gasteiger partial charge is 0.495 e. The van der Waals surface area contributed by atoms with Crippen molar-refractivity contribution in [2.24, 2.45) is 5.10 Å². The lowest BCUT2D eigenvalue weighted by Gasteiger charge is -2.23. The molecule has 0 aliphatic rings. The molecule has 0 saturated carbocycles. The first-order valence-corrected chi connectivity index (χ1v) is 14.4. The molecule has 0 heterocycles. The normalized spacial score (nSPS) is 11.1. The van der Waals surface area contributed by atoms with Crippen LogP contribution in [0.15, 0.2) is 113 Å². The highest BCUT2D eigenvalue weighted by Gasteiger charge is 2.27. The number of para-hydroxylation sites is 3. The number of carbonyl (C=O) groups excluding carboxylic acids is 2. The summed E-state index contributed by atoms with van der Waals surface area (Å²) in [5.41, 5.74) is 3.85. The molecule has 0 aliphatic heterocycles. The minimum Gasteiger partial charge on any atom is -0.495 e. The van der Waals surface area contributed by atoms with Gasteiger partial charge in [-0.15, -0.1) is 0 Å². The van der Waals surface area contributed by atoms with Crippen molar-refractivity contribution in [3.05, 3.63) is 114 Å². The molecular weight excluding hydrogens is 580 g/mol. The van der Waals surface area contributed by atoms with Crippen LogP contribution in [0, 0.1) is 0 Å². The van der Waals surface area contributed by atoms with Gasteiger partial charge in [-0.05, 0) is 78.4 Å². The predicted octanol–water partition coefficient (Wildman–Crippen LogP) is 4.71. The molecule has 4 rings (SSSR count). The first kappa shape index (κ1) is 30.1. The summed E-state index contributed by atoms with van der Waals surface area (Å²) in [6, 6.07) is 27.7.